The van der Waals surface area contributed by atoms with Crippen molar-refractivity contribution in [2.75, 3.05) is 13.1 Å². The second-order valence-corrected chi connectivity index (χ2v) is 6.98. The Hall–Kier alpha value is -0.280. The van der Waals surface area contributed by atoms with Gasteiger partial charge in [-0.25, -0.2) is 0 Å². The Balaban J connectivity index is 0.00000324. The molecular weight excluding hydrogens is 260 g/mol. The third kappa shape index (κ3) is 4.96. The first-order chi connectivity index (χ1) is 8.27. The van der Waals surface area contributed by atoms with Crippen molar-refractivity contribution in [1.29, 1.82) is 0 Å². The van der Waals surface area contributed by atoms with Crippen molar-refractivity contribution < 1.29 is 4.79 Å². The van der Waals surface area contributed by atoms with E-state index in [-0.39, 0.29) is 23.9 Å². The Bertz CT molecular complexity index is 288. The van der Waals surface area contributed by atoms with Crippen LogP contribution in [0.25, 0.3) is 0 Å². The van der Waals surface area contributed by atoms with Crippen LogP contribution in [0.3, 0.4) is 0 Å². The van der Waals surface area contributed by atoms with Crippen LogP contribution < -0.4 is 5.73 Å². The number of piperidine rings is 1. The molecule has 0 aromatic rings. The van der Waals surface area contributed by atoms with Gasteiger partial charge in [0.15, 0.2) is 0 Å². The summed E-state index contributed by atoms with van der Waals surface area (Å²) in [5.41, 5.74) is 6.03. The molecule has 1 fully saturated rings. The van der Waals surface area contributed by atoms with Crippen LogP contribution in [0.1, 0.15) is 53.9 Å². The maximum Gasteiger partial charge on any atom is 0.223 e. The Morgan fingerprint density at radius 1 is 1.42 bits per heavy atom. The number of nitrogens with zero attached hydrogens (tertiary/aromatic N) is 1. The molecule has 0 bridgehead atoms. The highest BCUT2D eigenvalue weighted by Gasteiger charge is 2.32. The normalized spacial score (nSPS) is 25.7. The predicted molar refractivity (Wildman–Crippen MR) is 83.4 cm³/mol. The van der Waals surface area contributed by atoms with Gasteiger partial charge in [0.25, 0.3) is 0 Å². The van der Waals surface area contributed by atoms with E-state index >= 15 is 0 Å². The summed E-state index contributed by atoms with van der Waals surface area (Å²) in [7, 11) is 0. The zero-order valence-electron chi connectivity index (χ0n) is 13.1. The monoisotopic (exact) mass is 290 g/mol. The Kier molecular flexibility index (Phi) is 7.38. The molecule has 0 aromatic heterocycles. The van der Waals surface area contributed by atoms with Gasteiger partial charge >= 0.3 is 0 Å². The zero-order chi connectivity index (χ0) is 13.9. The Morgan fingerprint density at radius 3 is 2.47 bits per heavy atom. The van der Waals surface area contributed by atoms with E-state index in [9.17, 15) is 4.79 Å². The minimum atomic E-state index is 0. The quantitative estimate of drug-likeness (QED) is 0.868. The molecule has 3 atom stereocenters. The first-order valence-corrected chi connectivity index (χ1v) is 7.27. The molecule has 1 rings (SSSR count). The van der Waals surface area contributed by atoms with Gasteiger partial charge in [-0.2, -0.15) is 0 Å². The highest BCUT2D eigenvalue weighted by molar-refractivity contribution is 5.85. The van der Waals surface area contributed by atoms with Gasteiger partial charge in [-0.05, 0) is 30.1 Å². The van der Waals surface area contributed by atoms with Crippen LogP contribution in [-0.4, -0.2) is 29.9 Å². The largest absolute Gasteiger partial charge is 0.338 e. The molecule has 3 unspecified atom stereocenters. The van der Waals surface area contributed by atoms with Gasteiger partial charge in [-0.3, -0.25) is 4.79 Å². The smallest absolute Gasteiger partial charge is 0.223 e. The van der Waals surface area contributed by atoms with Gasteiger partial charge in [0, 0.05) is 25.6 Å². The summed E-state index contributed by atoms with van der Waals surface area (Å²) < 4.78 is 0. The molecule has 1 heterocycles. The van der Waals surface area contributed by atoms with E-state index in [2.05, 4.69) is 34.6 Å². The number of likely N-dealkylation sites (tertiary alicyclic amines) is 1. The number of carbonyl (C=O) groups is 1. The minimum absolute atomic E-state index is 0. The van der Waals surface area contributed by atoms with Gasteiger partial charge in [0.2, 0.25) is 5.91 Å². The van der Waals surface area contributed by atoms with E-state index in [0.717, 1.165) is 13.0 Å². The summed E-state index contributed by atoms with van der Waals surface area (Å²) in [6.45, 7) is 12.5. The SMILES string of the molecule is CC1CCCN(C(=O)CC(C)C(C)(C)C)C1CN.Cl. The van der Waals surface area contributed by atoms with Crippen molar-refractivity contribution in [2.45, 2.75) is 59.9 Å². The Morgan fingerprint density at radius 2 is 2.00 bits per heavy atom. The van der Waals surface area contributed by atoms with Crippen molar-refractivity contribution in [3.8, 4) is 0 Å². The molecule has 114 valence electrons. The van der Waals surface area contributed by atoms with E-state index in [1.807, 2.05) is 4.90 Å². The zero-order valence-corrected chi connectivity index (χ0v) is 13.9. The number of amides is 1. The lowest BCUT2D eigenvalue weighted by Crippen LogP contribution is -2.51. The van der Waals surface area contributed by atoms with Gasteiger partial charge in [-0.15, -0.1) is 12.4 Å². The molecule has 0 spiro atoms. The number of carbonyl (C=O) groups excluding carboxylic acids is 1. The predicted octanol–water partition coefficient (Wildman–Crippen LogP) is 3.07. The second-order valence-electron chi connectivity index (χ2n) is 6.98. The first-order valence-electron chi connectivity index (χ1n) is 7.27. The van der Waals surface area contributed by atoms with Crippen LogP contribution in [0.15, 0.2) is 0 Å². The fourth-order valence-electron chi connectivity index (χ4n) is 2.60. The van der Waals surface area contributed by atoms with E-state index in [1.165, 1.54) is 6.42 Å². The maximum absolute atomic E-state index is 12.4. The molecule has 4 heteroatoms. The summed E-state index contributed by atoms with van der Waals surface area (Å²) in [4.78, 5) is 14.5. The van der Waals surface area contributed by atoms with Crippen molar-refractivity contribution in [1.82, 2.24) is 4.90 Å². The van der Waals surface area contributed by atoms with Gasteiger partial charge in [0.05, 0.1) is 0 Å². The molecule has 1 amide bonds. The topological polar surface area (TPSA) is 46.3 Å². The number of hydrogen-bond acceptors (Lipinski definition) is 2. The summed E-state index contributed by atoms with van der Waals surface area (Å²) in [6, 6.07) is 0.249. The lowest BCUT2D eigenvalue weighted by atomic mass is 9.79. The molecule has 1 saturated heterocycles. The molecule has 0 aromatic carbocycles. The molecule has 0 radical (unpaired) electrons. The van der Waals surface area contributed by atoms with E-state index in [0.29, 0.717) is 30.7 Å². The van der Waals surface area contributed by atoms with Crippen LogP contribution in [0.4, 0.5) is 0 Å². The number of halogens is 1. The summed E-state index contributed by atoms with van der Waals surface area (Å²) in [5, 5.41) is 0. The average Bonchev–Trinajstić information content (AvgIpc) is 2.27. The van der Waals surface area contributed by atoms with E-state index in [4.69, 9.17) is 5.73 Å². The van der Waals surface area contributed by atoms with Crippen LogP contribution in [-0.2, 0) is 4.79 Å². The number of rotatable bonds is 3. The lowest BCUT2D eigenvalue weighted by Gasteiger charge is -2.40. The Labute approximate surface area is 124 Å². The van der Waals surface area contributed by atoms with Gasteiger partial charge in [0.1, 0.15) is 0 Å². The maximum atomic E-state index is 12.4. The van der Waals surface area contributed by atoms with Crippen LogP contribution >= 0.6 is 12.4 Å². The fourth-order valence-corrected chi connectivity index (χ4v) is 2.60. The number of nitrogens with two attached hydrogens (primary N) is 1. The number of hydrogen-bond donors (Lipinski definition) is 1. The third-order valence-corrected chi connectivity index (χ3v) is 4.64. The highest BCUT2D eigenvalue weighted by Crippen LogP contribution is 2.30. The molecule has 1 aliphatic heterocycles. The molecule has 0 saturated carbocycles. The van der Waals surface area contributed by atoms with Crippen molar-refractivity contribution in [3.63, 3.8) is 0 Å². The van der Waals surface area contributed by atoms with Gasteiger partial charge in [-0.1, -0.05) is 34.6 Å². The molecule has 2 N–H and O–H groups in total. The first kappa shape index (κ1) is 18.7. The summed E-state index contributed by atoms with van der Waals surface area (Å²) in [6.07, 6.45) is 2.96. The summed E-state index contributed by atoms with van der Waals surface area (Å²) in [5.74, 6) is 1.23. The van der Waals surface area contributed by atoms with Crippen LogP contribution in [0.2, 0.25) is 0 Å². The van der Waals surface area contributed by atoms with E-state index in [1.54, 1.807) is 0 Å². The molecule has 19 heavy (non-hydrogen) atoms. The van der Waals surface area contributed by atoms with E-state index < -0.39 is 0 Å². The highest BCUT2D eigenvalue weighted by atomic mass is 35.5. The summed E-state index contributed by atoms with van der Waals surface area (Å²) >= 11 is 0. The third-order valence-electron chi connectivity index (χ3n) is 4.64. The minimum Gasteiger partial charge on any atom is -0.338 e. The lowest BCUT2D eigenvalue weighted by molar-refractivity contribution is -0.137. The van der Waals surface area contributed by atoms with Crippen molar-refractivity contribution in [3.05, 3.63) is 0 Å². The second kappa shape index (κ2) is 7.49. The fraction of sp³-hybridized carbons (Fsp3) is 0.933. The van der Waals surface area contributed by atoms with Crippen LogP contribution in [0.5, 0.6) is 0 Å². The van der Waals surface area contributed by atoms with Crippen molar-refractivity contribution in [2.24, 2.45) is 23.0 Å². The standard InChI is InChI=1S/C15H30N2O.ClH/c1-11-7-6-8-17(13(11)10-16)14(18)9-12(2)15(3,4)5;/h11-13H,6-10,16H2,1-5H3;1H. The molecule has 0 aliphatic carbocycles. The molecular formula is C15H31ClN2O. The molecule has 3 nitrogen and oxygen atoms in total. The average molecular weight is 291 g/mol. The van der Waals surface area contributed by atoms with Gasteiger partial charge < -0.3 is 10.6 Å². The van der Waals surface area contributed by atoms with Crippen LogP contribution in [0, 0.1) is 17.3 Å². The molecule has 1 aliphatic rings. The van der Waals surface area contributed by atoms with Crippen molar-refractivity contribution >= 4 is 18.3 Å².